The van der Waals surface area contributed by atoms with Crippen LogP contribution in [0.15, 0.2) is 18.2 Å². The molecule has 1 N–H and O–H groups in total. The van der Waals surface area contributed by atoms with Gasteiger partial charge in [0.05, 0.1) is 11.1 Å². The molecular formula is C11H9ClF2INO2. The van der Waals surface area contributed by atoms with Gasteiger partial charge in [0.2, 0.25) is 0 Å². The average Bonchev–Trinajstić information content (AvgIpc) is 2.45. The van der Waals surface area contributed by atoms with Crippen LogP contribution in [0.2, 0.25) is 5.02 Å². The lowest BCUT2D eigenvalue weighted by molar-refractivity contribution is -0.149. The van der Waals surface area contributed by atoms with Gasteiger partial charge in [-0.3, -0.25) is 4.79 Å². The summed E-state index contributed by atoms with van der Waals surface area (Å²) in [5.74, 6) is -5.16. The zero-order valence-electron chi connectivity index (χ0n) is 9.20. The normalized spacial score (nSPS) is 26.8. The molecule has 1 aromatic rings. The molecule has 18 heavy (non-hydrogen) atoms. The van der Waals surface area contributed by atoms with Crippen molar-refractivity contribution < 1.29 is 18.7 Å². The van der Waals surface area contributed by atoms with E-state index in [1.54, 1.807) is 6.07 Å². The third-order valence-corrected chi connectivity index (χ3v) is 4.49. The molecule has 0 aliphatic carbocycles. The lowest BCUT2D eigenvalue weighted by Crippen LogP contribution is -2.37. The molecule has 1 amide bonds. The molecule has 3 nitrogen and oxygen atoms in total. The van der Waals surface area contributed by atoms with E-state index < -0.39 is 24.0 Å². The predicted molar refractivity (Wildman–Crippen MR) is 72.1 cm³/mol. The van der Waals surface area contributed by atoms with Crippen molar-refractivity contribution in [2.75, 3.05) is 4.90 Å². The first-order valence-corrected chi connectivity index (χ1v) is 6.57. The van der Waals surface area contributed by atoms with Crippen LogP contribution in [-0.2, 0) is 4.79 Å². The van der Waals surface area contributed by atoms with Crippen molar-refractivity contribution in [3.8, 4) is 0 Å². The molecule has 0 spiro atoms. The summed E-state index contributed by atoms with van der Waals surface area (Å²) in [4.78, 5) is 12.5. The van der Waals surface area contributed by atoms with Crippen LogP contribution in [0.5, 0.6) is 0 Å². The molecule has 0 saturated carbocycles. The molecule has 7 heteroatoms. The van der Waals surface area contributed by atoms with Crippen molar-refractivity contribution in [3.05, 3.63) is 26.8 Å². The third kappa shape index (κ3) is 2.00. The maximum absolute atomic E-state index is 13.4. The van der Waals surface area contributed by atoms with Crippen LogP contribution in [0.3, 0.4) is 0 Å². The highest BCUT2D eigenvalue weighted by molar-refractivity contribution is 14.1. The third-order valence-electron chi connectivity index (χ3n) is 2.92. The van der Waals surface area contributed by atoms with Crippen LogP contribution in [0.4, 0.5) is 14.5 Å². The van der Waals surface area contributed by atoms with E-state index in [-0.39, 0.29) is 5.69 Å². The van der Waals surface area contributed by atoms with Gasteiger partial charge in [-0.2, -0.15) is 8.78 Å². The number of alkyl halides is 2. The van der Waals surface area contributed by atoms with Gasteiger partial charge >= 0.3 is 11.8 Å². The minimum Gasteiger partial charge on any atom is -0.384 e. The van der Waals surface area contributed by atoms with Crippen LogP contribution in [0.1, 0.15) is 6.92 Å². The van der Waals surface area contributed by atoms with E-state index in [0.717, 1.165) is 8.47 Å². The summed E-state index contributed by atoms with van der Waals surface area (Å²) >= 11 is 7.89. The number of halogens is 4. The maximum atomic E-state index is 13.4. The molecule has 0 bridgehead atoms. The quantitative estimate of drug-likeness (QED) is 0.753. The maximum Gasteiger partial charge on any atom is 0.352 e. The number of aliphatic hydroxyl groups excluding tert-OH is 1. The van der Waals surface area contributed by atoms with Crippen molar-refractivity contribution in [2.24, 2.45) is 0 Å². The minimum atomic E-state index is -3.76. The fourth-order valence-electron chi connectivity index (χ4n) is 1.90. The highest BCUT2D eigenvalue weighted by Crippen LogP contribution is 2.38. The van der Waals surface area contributed by atoms with Crippen molar-refractivity contribution in [3.63, 3.8) is 0 Å². The SMILES string of the molecule is C[C@H]1[C@H](O)C(F)(F)C(=O)N1c1ccc(I)c(Cl)c1. The lowest BCUT2D eigenvalue weighted by atomic mass is 10.1. The molecule has 1 aliphatic heterocycles. The standard InChI is InChI=1S/C11H9ClF2INO2/c1-5-9(17)11(13,14)10(18)16(5)6-2-3-8(15)7(12)4-6/h2-5,9,17H,1H3/t5-,9-/m0/s1. The number of benzene rings is 1. The summed E-state index contributed by atoms with van der Waals surface area (Å²) < 4.78 is 27.6. The van der Waals surface area contributed by atoms with Crippen LogP contribution >= 0.6 is 34.2 Å². The van der Waals surface area contributed by atoms with E-state index >= 15 is 0 Å². The van der Waals surface area contributed by atoms with Gasteiger partial charge in [-0.25, -0.2) is 0 Å². The van der Waals surface area contributed by atoms with E-state index in [9.17, 15) is 18.7 Å². The summed E-state index contributed by atoms with van der Waals surface area (Å²) in [6, 6.07) is 3.59. The summed E-state index contributed by atoms with van der Waals surface area (Å²) in [7, 11) is 0. The van der Waals surface area contributed by atoms with Crippen LogP contribution < -0.4 is 4.90 Å². The van der Waals surface area contributed by atoms with E-state index in [0.29, 0.717) is 5.02 Å². The molecule has 1 aromatic carbocycles. The van der Waals surface area contributed by atoms with E-state index in [1.165, 1.54) is 19.1 Å². The van der Waals surface area contributed by atoms with Crippen molar-refractivity contribution >= 4 is 45.8 Å². The molecule has 1 saturated heterocycles. The summed E-state index contributed by atoms with van der Waals surface area (Å²) in [6.07, 6.45) is -2.01. The molecule has 2 rings (SSSR count). The molecule has 98 valence electrons. The Bertz CT molecular complexity index is 512. The Morgan fingerprint density at radius 1 is 1.50 bits per heavy atom. The van der Waals surface area contributed by atoms with Crippen LogP contribution in [0, 0.1) is 3.57 Å². The van der Waals surface area contributed by atoms with Gasteiger partial charge in [0.25, 0.3) is 0 Å². The number of carbonyl (C=O) groups is 1. The average molecular weight is 388 g/mol. The fraction of sp³-hybridized carbons (Fsp3) is 0.364. The van der Waals surface area contributed by atoms with Crippen molar-refractivity contribution in [1.29, 1.82) is 0 Å². The number of hydrogen-bond acceptors (Lipinski definition) is 2. The second-order valence-electron chi connectivity index (χ2n) is 4.08. The van der Waals surface area contributed by atoms with Crippen molar-refractivity contribution in [2.45, 2.75) is 25.0 Å². The second kappa shape index (κ2) is 4.57. The molecule has 1 aliphatic rings. The lowest BCUT2D eigenvalue weighted by Gasteiger charge is -2.22. The van der Waals surface area contributed by atoms with Crippen LogP contribution in [-0.4, -0.2) is 29.1 Å². The van der Waals surface area contributed by atoms with Gasteiger partial charge < -0.3 is 10.0 Å². The number of amides is 1. The fourth-order valence-corrected chi connectivity index (χ4v) is 2.41. The highest BCUT2D eigenvalue weighted by Gasteiger charge is 2.60. The number of aliphatic hydroxyl groups is 1. The molecule has 0 radical (unpaired) electrons. The number of hydrogen-bond donors (Lipinski definition) is 1. The van der Waals surface area contributed by atoms with Gasteiger partial charge in [-0.05, 0) is 47.7 Å². The van der Waals surface area contributed by atoms with Gasteiger partial charge in [-0.1, -0.05) is 11.6 Å². The Balaban J connectivity index is 2.45. The summed E-state index contributed by atoms with van der Waals surface area (Å²) in [5, 5.41) is 9.78. The largest absolute Gasteiger partial charge is 0.384 e. The van der Waals surface area contributed by atoms with Crippen molar-refractivity contribution in [1.82, 2.24) is 0 Å². The van der Waals surface area contributed by atoms with E-state index in [2.05, 4.69) is 0 Å². The monoisotopic (exact) mass is 387 g/mol. The Morgan fingerprint density at radius 3 is 2.56 bits per heavy atom. The number of nitrogens with zero attached hydrogens (tertiary/aromatic N) is 1. The topological polar surface area (TPSA) is 40.5 Å². The van der Waals surface area contributed by atoms with Gasteiger partial charge in [0.1, 0.15) is 6.10 Å². The van der Waals surface area contributed by atoms with Gasteiger partial charge in [-0.15, -0.1) is 0 Å². The molecule has 0 unspecified atom stereocenters. The number of carbonyl (C=O) groups excluding carboxylic acids is 1. The summed E-state index contributed by atoms with van der Waals surface area (Å²) in [5.41, 5.74) is 0.258. The molecular weight excluding hydrogens is 378 g/mol. The first-order valence-electron chi connectivity index (χ1n) is 5.11. The molecule has 1 heterocycles. The number of rotatable bonds is 1. The Morgan fingerprint density at radius 2 is 2.11 bits per heavy atom. The first-order chi connectivity index (χ1) is 8.26. The molecule has 1 fully saturated rings. The van der Waals surface area contributed by atoms with Gasteiger partial charge in [0, 0.05) is 9.26 Å². The highest BCUT2D eigenvalue weighted by atomic mass is 127. The zero-order valence-corrected chi connectivity index (χ0v) is 12.1. The smallest absolute Gasteiger partial charge is 0.352 e. The summed E-state index contributed by atoms with van der Waals surface area (Å²) in [6.45, 7) is 1.37. The second-order valence-corrected chi connectivity index (χ2v) is 5.65. The Hall–Kier alpha value is -0.470. The minimum absolute atomic E-state index is 0.258. The Labute approximate surface area is 121 Å². The Kier molecular flexibility index (Phi) is 3.54. The predicted octanol–water partition coefficient (Wildman–Crippen LogP) is 2.68. The first kappa shape index (κ1) is 14.0. The molecule has 0 aromatic heterocycles. The number of anilines is 1. The molecule has 2 atom stereocenters. The van der Waals surface area contributed by atoms with E-state index in [4.69, 9.17) is 11.6 Å². The van der Waals surface area contributed by atoms with E-state index in [1.807, 2.05) is 22.6 Å². The zero-order chi connectivity index (χ0) is 13.7. The van der Waals surface area contributed by atoms with Crippen LogP contribution in [0.25, 0.3) is 0 Å². The van der Waals surface area contributed by atoms with Gasteiger partial charge in [0.15, 0.2) is 0 Å².